The maximum Gasteiger partial charge on any atom is 0.338 e. The summed E-state index contributed by atoms with van der Waals surface area (Å²) in [5, 5.41) is 3.58. The van der Waals surface area contributed by atoms with Crippen molar-refractivity contribution in [3.8, 4) is 0 Å². The summed E-state index contributed by atoms with van der Waals surface area (Å²) in [6.45, 7) is 5.22. The van der Waals surface area contributed by atoms with Crippen LogP contribution in [-0.4, -0.2) is 74.7 Å². The van der Waals surface area contributed by atoms with Crippen LogP contribution in [0.2, 0.25) is 5.02 Å². The molecule has 0 aromatic heterocycles. The second kappa shape index (κ2) is 14.1. The zero-order chi connectivity index (χ0) is 29.4. The molecule has 0 bridgehead atoms. The number of rotatable bonds is 9. The molecule has 41 heavy (non-hydrogen) atoms. The minimum absolute atomic E-state index is 0.212. The van der Waals surface area contributed by atoms with Crippen LogP contribution in [0.15, 0.2) is 66.7 Å². The van der Waals surface area contributed by atoms with E-state index in [1.54, 1.807) is 42.2 Å². The van der Waals surface area contributed by atoms with Gasteiger partial charge in [0, 0.05) is 43.4 Å². The van der Waals surface area contributed by atoms with Crippen molar-refractivity contribution in [2.45, 2.75) is 19.6 Å². The van der Waals surface area contributed by atoms with Gasteiger partial charge >= 0.3 is 18.0 Å². The number of benzene rings is 3. The van der Waals surface area contributed by atoms with Gasteiger partial charge in [0.2, 0.25) is 0 Å². The highest BCUT2D eigenvalue weighted by molar-refractivity contribution is 6.30. The van der Waals surface area contributed by atoms with Crippen LogP contribution in [0.5, 0.6) is 0 Å². The summed E-state index contributed by atoms with van der Waals surface area (Å²) in [6.07, 6.45) is -0.225. The molecule has 1 aliphatic heterocycles. The first-order chi connectivity index (χ1) is 19.8. The van der Waals surface area contributed by atoms with Crippen molar-refractivity contribution in [2.24, 2.45) is 0 Å². The van der Waals surface area contributed by atoms with E-state index in [0.717, 1.165) is 11.1 Å². The number of piperazine rings is 1. The average molecular weight is 580 g/mol. The summed E-state index contributed by atoms with van der Waals surface area (Å²) < 4.78 is 16.0. The van der Waals surface area contributed by atoms with Gasteiger partial charge in [-0.1, -0.05) is 41.9 Å². The van der Waals surface area contributed by atoms with Crippen LogP contribution in [0.25, 0.3) is 0 Å². The molecule has 1 N–H and O–H groups in total. The van der Waals surface area contributed by atoms with Crippen LogP contribution < -0.4 is 5.32 Å². The fourth-order valence-corrected chi connectivity index (χ4v) is 4.77. The van der Waals surface area contributed by atoms with Crippen molar-refractivity contribution in [3.63, 3.8) is 0 Å². The Labute approximate surface area is 244 Å². The lowest BCUT2D eigenvalue weighted by Crippen LogP contribution is -2.50. The lowest BCUT2D eigenvalue weighted by Gasteiger charge is -2.36. The Kier molecular flexibility index (Phi) is 10.3. The number of anilines is 1. The number of nitrogens with zero attached hydrogens (tertiary/aromatic N) is 2. The first kappa shape index (κ1) is 30.0. The van der Waals surface area contributed by atoms with E-state index in [-0.39, 0.29) is 18.1 Å². The Morgan fingerprint density at radius 2 is 1.54 bits per heavy atom. The Morgan fingerprint density at radius 1 is 0.878 bits per heavy atom. The molecule has 0 spiro atoms. The van der Waals surface area contributed by atoms with Crippen LogP contribution in [0.4, 0.5) is 10.5 Å². The van der Waals surface area contributed by atoms with Gasteiger partial charge in [0.1, 0.15) is 0 Å². The van der Waals surface area contributed by atoms with Gasteiger partial charge in [-0.25, -0.2) is 14.4 Å². The molecule has 1 heterocycles. The third-order valence-electron chi connectivity index (χ3n) is 7.13. The molecule has 2 amide bonds. The largest absolute Gasteiger partial charge is 0.465 e. The van der Waals surface area contributed by atoms with Gasteiger partial charge in [-0.2, -0.15) is 0 Å². The molecule has 9 nitrogen and oxygen atoms in total. The van der Waals surface area contributed by atoms with Gasteiger partial charge in [0.15, 0.2) is 0 Å². The minimum Gasteiger partial charge on any atom is -0.465 e. The minimum atomic E-state index is -0.442. The molecule has 1 fully saturated rings. The monoisotopic (exact) mass is 579 g/mol. The van der Waals surface area contributed by atoms with Gasteiger partial charge < -0.3 is 24.4 Å². The van der Waals surface area contributed by atoms with Crippen molar-refractivity contribution in [1.82, 2.24) is 9.80 Å². The smallest absolute Gasteiger partial charge is 0.338 e. The Hall–Kier alpha value is -3.92. The predicted molar refractivity (Wildman–Crippen MR) is 156 cm³/mol. The van der Waals surface area contributed by atoms with Crippen molar-refractivity contribution >= 4 is 35.3 Å². The van der Waals surface area contributed by atoms with Gasteiger partial charge in [0.25, 0.3) is 0 Å². The zero-order valence-electron chi connectivity index (χ0n) is 23.4. The first-order valence-electron chi connectivity index (χ1n) is 13.3. The summed E-state index contributed by atoms with van der Waals surface area (Å²) >= 11 is 6.12. The summed E-state index contributed by atoms with van der Waals surface area (Å²) in [5.41, 5.74) is 4.08. The standard InChI is InChI=1S/C31H34ClN3O6/c1-21-26(30(37)40-3)5-4-6-27(21)33-31(38)35-17-15-34(16-18-35)19-28(23-11-13-25(32)14-12-23)41-20-22-7-9-24(10-8-22)29(36)39-2/h4-14,28H,15-20H2,1-3H3,(H,33,38)/t28-/m0/s1. The summed E-state index contributed by atoms with van der Waals surface area (Å²) in [5.74, 6) is -0.822. The molecule has 0 aliphatic carbocycles. The molecule has 1 aliphatic rings. The number of halogens is 1. The van der Waals surface area contributed by atoms with Gasteiger partial charge in [-0.05, 0) is 60.0 Å². The van der Waals surface area contributed by atoms with E-state index in [9.17, 15) is 14.4 Å². The highest BCUT2D eigenvalue weighted by atomic mass is 35.5. The second-order valence-corrected chi connectivity index (χ2v) is 10.2. The topological polar surface area (TPSA) is 97.4 Å². The average Bonchev–Trinajstić information content (AvgIpc) is 3.00. The molecule has 216 valence electrons. The number of methoxy groups -OCH3 is 2. The number of esters is 2. The van der Waals surface area contributed by atoms with Crippen LogP contribution in [0, 0.1) is 6.92 Å². The van der Waals surface area contributed by atoms with E-state index in [2.05, 4.69) is 10.2 Å². The van der Waals surface area contributed by atoms with Crippen LogP contribution in [0.1, 0.15) is 43.5 Å². The van der Waals surface area contributed by atoms with E-state index in [4.69, 9.17) is 25.8 Å². The third-order valence-corrected chi connectivity index (χ3v) is 7.38. The number of hydrogen-bond acceptors (Lipinski definition) is 7. The maximum atomic E-state index is 13.0. The SMILES string of the molecule is COC(=O)c1ccc(CO[C@@H](CN2CCN(C(=O)Nc3cccc(C(=O)OC)c3C)CC2)c2ccc(Cl)cc2)cc1. The highest BCUT2D eigenvalue weighted by Gasteiger charge is 2.25. The fraction of sp³-hybridized carbons (Fsp3) is 0.323. The molecule has 4 rings (SSSR count). The van der Waals surface area contributed by atoms with Crippen LogP contribution in [0.3, 0.4) is 0 Å². The number of hydrogen-bond donors (Lipinski definition) is 1. The van der Waals surface area contributed by atoms with Crippen molar-refractivity contribution in [2.75, 3.05) is 52.3 Å². The number of ether oxygens (including phenoxy) is 3. The van der Waals surface area contributed by atoms with Crippen molar-refractivity contribution in [3.05, 3.63) is 99.6 Å². The molecule has 3 aromatic carbocycles. The Bertz CT molecular complexity index is 1360. The van der Waals surface area contributed by atoms with Gasteiger partial charge in [-0.3, -0.25) is 4.90 Å². The lowest BCUT2D eigenvalue weighted by molar-refractivity contribution is 0.00592. The fourth-order valence-electron chi connectivity index (χ4n) is 4.65. The highest BCUT2D eigenvalue weighted by Crippen LogP contribution is 2.24. The number of urea groups is 1. The molecule has 1 atom stereocenters. The summed E-state index contributed by atoms with van der Waals surface area (Å²) in [7, 11) is 2.69. The van der Waals surface area contributed by atoms with E-state index in [0.29, 0.717) is 66.7 Å². The molecule has 0 radical (unpaired) electrons. The van der Waals surface area contributed by atoms with Crippen LogP contribution >= 0.6 is 11.6 Å². The predicted octanol–water partition coefficient (Wildman–Crippen LogP) is 5.33. The van der Waals surface area contributed by atoms with Crippen molar-refractivity contribution < 1.29 is 28.6 Å². The molecule has 3 aromatic rings. The van der Waals surface area contributed by atoms with Crippen LogP contribution in [-0.2, 0) is 20.8 Å². The molecular formula is C31H34ClN3O6. The zero-order valence-corrected chi connectivity index (χ0v) is 24.1. The number of nitrogens with one attached hydrogen (secondary N) is 1. The lowest BCUT2D eigenvalue weighted by atomic mass is 10.1. The summed E-state index contributed by atoms with van der Waals surface area (Å²) in [6, 6.07) is 19.7. The van der Waals surface area contributed by atoms with E-state index < -0.39 is 5.97 Å². The number of amides is 2. The van der Waals surface area contributed by atoms with Crippen molar-refractivity contribution in [1.29, 1.82) is 0 Å². The quantitative estimate of drug-likeness (QED) is 0.342. The number of carbonyl (C=O) groups is 3. The molecule has 1 saturated heterocycles. The van der Waals surface area contributed by atoms with E-state index in [1.165, 1.54) is 14.2 Å². The number of carbonyl (C=O) groups excluding carboxylic acids is 3. The van der Waals surface area contributed by atoms with Gasteiger partial charge in [-0.15, -0.1) is 0 Å². The molecule has 0 saturated carbocycles. The molecular weight excluding hydrogens is 546 g/mol. The van der Waals surface area contributed by atoms with E-state index >= 15 is 0 Å². The normalized spacial score (nSPS) is 14.3. The molecule has 0 unspecified atom stereocenters. The first-order valence-corrected chi connectivity index (χ1v) is 13.7. The Morgan fingerprint density at radius 3 is 2.17 bits per heavy atom. The Balaban J connectivity index is 1.36. The third kappa shape index (κ3) is 7.85. The summed E-state index contributed by atoms with van der Waals surface area (Å²) in [4.78, 5) is 40.8. The second-order valence-electron chi connectivity index (χ2n) is 9.73. The van der Waals surface area contributed by atoms with Gasteiger partial charge in [0.05, 0.1) is 38.1 Å². The maximum absolute atomic E-state index is 13.0. The molecule has 10 heteroatoms. The van der Waals surface area contributed by atoms with E-state index in [1.807, 2.05) is 36.4 Å².